The van der Waals surface area contributed by atoms with E-state index in [0.717, 1.165) is 89.2 Å². The van der Waals surface area contributed by atoms with Crippen LogP contribution in [0.2, 0.25) is 0 Å². The molecular formula is C80H145N3O27S2. The number of amides is 3. The zero-order valence-corrected chi connectivity index (χ0v) is 69.8. The lowest BCUT2D eigenvalue weighted by Gasteiger charge is -2.40. The zero-order chi connectivity index (χ0) is 82.4. The summed E-state index contributed by atoms with van der Waals surface area (Å²) in [7, 11) is 3.63. The second-order valence-electron chi connectivity index (χ2n) is 30.9. The summed E-state index contributed by atoms with van der Waals surface area (Å²) in [6, 6.07) is 0. The first kappa shape index (κ1) is 103. The number of carbonyl (C=O) groups is 7. The molecule has 112 heavy (non-hydrogen) atoms. The minimum Gasteiger partial charge on any atom is -0.466 e. The highest BCUT2D eigenvalue weighted by atomic mass is 33.1. The van der Waals surface area contributed by atoms with Gasteiger partial charge in [0.25, 0.3) is 0 Å². The van der Waals surface area contributed by atoms with Crippen molar-refractivity contribution >= 4 is 63.0 Å². The van der Waals surface area contributed by atoms with E-state index in [1.807, 2.05) is 10.8 Å². The van der Waals surface area contributed by atoms with Crippen LogP contribution in [0.4, 0.5) is 4.79 Å². The number of ether oxygens (including phenoxy) is 11. The van der Waals surface area contributed by atoms with E-state index in [0.29, 0.717) is 129 Å². The van der Waals surface area contributed by atoms with Gasteiger partial charge in [0, 0.05) is 99.3 Å². The van der Waals surface area contributed by atoms with Crippen molar-refractivity contribution in [1.29, 1.82) is 0 Å². The monoisotopic (exact) mass is 1640 g/mol. The molecule has 15 unspecified atom stereocenters. The molecule has 0 bridgehead atoms. The highest BCUT2D eigenvalue weighted by molar-refractivity contribution is 8.77. The normalized spacial score (nSPS) is 24.6. The standard InChI is InChI=1S/C80H145N3O27S2/c1-7-79(5,6)112-111-52-51-101-50-49-100-48-35-61(88)53-80(36-26-45-102-67(91)33-18-12-9-14-20-39-81-65(89)31-24-43-105-76-58(3)70(94)73(97)63(55-85)109-76,37-27-46-103-68(92)34-19-13-10-15-21-40-82-66(90)32-25-44-106-77-59(4)71(95)74(98)64(56-86)110-77)38-28-47-107-78(99)83-41-22-16-8-11-17-29-60(87)30-23-42-104-75-57(2)69(93)72(96)62(54-84)108-75/h57-59,62-64,69-77,84-86,93-98H,7-56H2,1-6H3,(H,81,89)(H,82,90)(H,83,99). The van der Waals surface area contributed by atoms with Crippen LogP contribution in [0.5, 0.6) is 0 Å². The molecule has 3 amide bonds. The predicted octanol–water partition coefficient (Wildman–Crippen LogP) is 7.52. The fraction of sp³-hybridized carbons (Fsp3) is 0.912. The van der Waals surface area contributed by atoms with Crippen molar-refractivity contribution in [2.24, 2.45) is 23.2 Å². The van der Waals surface area contributed by atoms with Gasteiger partial charge in [-0.3, -0.25) is 28.8 Å². The van der Waals surface area contributed by atoms with E-state index in [-0.39, 0.29) is 125 Å². The SMILES string of the molecule is CCC(C)(C)SSCCOCCOCCC(=O)CC(CCCOC(=O)CCCCCCCNC(=O)CCCOC1OC(CO)C(O)C(O)C1C)(CCCOC(=O)CCCCCCCNC(=O)CCCOC1OC(CO)C(O)C(O)C1C)CCCOC(=O)NCCCCCCCC(=O)CCCOC1OC(CO)C(O)C(O)C1C. The Morgan fingerprint density at radius 3 is 1.17 bits per heavy atom. The summed E-state index contributed by atoms with van der Waals surface area (Å²) < 4.78 is 63.0. The number of esters is 2. The van der Waals surface area contributed by atoms with E-state index in [9.17, 15) is 79.5 Å². The molecule has 32 heteroatoms. The van der Waals surface area contributed by atoms with E-state index < -0.39 is 123 Å². The summed E-state index contributed by atoms with van der Waals surface area (Å²) in [5.74, 6) is -1.48. The Morgan fingerprint density at radius 2 is 0.750 bits per heavy atom. The van der Waals surface area contributed by atoms with Crippen molar-refractivity contribution in [3.05, 3.63) is 0 Å². The molecule has 3 saturated heterocycles. The molecule has 0 saturated carbocycles. The van der Waals surface area contributed by atoms with Crippen LogP contribution in [-0.2, 0) is 80.9 Å². The molecule has 15 atom stereocenters. The van der Waals surface area contributed by atoms with Gasteiger partial charge in [-0.05, 0) is 122 Å². The summed E-state index contributed by atoms with van der Waals surface area (Å²) >= 11 is 0. The van der Waals surface area contributed by atoms with Crippen molar-refractivity contribution in [1.82, 2.24) is 16.0 Å². The van der Waals surface area contributed by atoms with E-state index in [2.05, 4.69) is 36.7 Å². The van der Waals surface area contributed by atoms with Crippen molar-refractivity contribution < 1.29 is 132 Å². The quantitative estimate of drug-likeness (QED) is 0.0121. The molecule has 0 aromatic rings. The number of Topliss-reactive ketones (excluding diaryl/α,β-unsaturated/α-hetero) is 2. The van der Waals surface area contributed by atoms with Crippen molar-refractivity contribution in [3.8, 4) is 0 Å². The first-order chi connectivity index (χ1) is 53.8. The third-order valence-electron chi connectivity index (χ3n) is 21.0. The first-order valence-corrected chi connectivity index (χ1v) is 44.1. The Hall–Kier alpha value is -3.49. The molecule has 3 aliphatic rings. The predicted molar refractivity (Wildman–Crippen MR) is 422 cm³/mol. The number of unbranched alkanes of at least 4 members (excludes halogenated alkanes) is 12. The van der Waals surface area contributed by atoms with Crippen LogP contribution in [0, 0.1) is 23.2 Å². The number of rotatable bonds is 68. The van der Waals surface area contributed by atoms with E-state index in [4.69, 9.17) is 52.1 Å². The minimum atomic E-state index is -1.22. The average Bonchev–Trinajstić information content (AvgIpc) is 0.824. The molecule has 30 nitrogen and oxygen atoms in total. The van der Waals surface area contributed by atoms with Gasteiger partial charge < -0.3 is 114 Å². The van der Waals surface area contributed by atoms with Gasteiger partial charge >= 0.3 is 18.0 Å². The molecule has 3 rings (SSSR count). The third-order valence-corrected chi connectivity index (χ3v) is 24.4. The van der Waals surface area contributed by atoms with Gasteiger partial charge in [0.05, 0.1) is 104 Å². The average molecular weight is 1650 g/mol. The number of hydrogen-bond donors (Lipinski definition) is 12. The van der Waals surface area contributed by atoms with Crippen molar-refractivity contribution in [2.45, 2.75) is 332 Å². The summed E-state index contributed by atoms with van der Waals surface area (Å²) in [4.78, 5) is 90.7. The Morgan fingerprint density at radius 1 is 0.384 bits per heavy atom. The van der Waals surface area contributed by atoms with Gasteiger partial charge in [-0.25, -0.2) is 4.79 Å². The van der Waals surface area contributed by atoms with E-state index >= 15 is 0 Å². The molecule has 0 aromatic heterocycles. The van der Waals surface area contributed by atoms with Crippen molar-refractivity contribution in [2.75, 3.05) is 111 Å². The summed E-state index contributed by atoms with van der Waals surface area (Å²) in [6.07, 6.45) is 6.29. The maximum absolute atomic E-state index is 14.1. The molecule has 12 N–H and O–H groups in total. The smallest absolute Gasteiger partial charge is 0.407 e. The van der Waals surface area contributed by atoms with Gasteiger partial charge in [-0.1, -0.05) is 107 Å². The van der Waals surface area contributed by atoms with Gasteiger partial charge in [0.2, 0.25) is 11.8 Å². The van der Waals surface area contributed by atoms with Crippen LogP contribution in [0.15, 0.2) is 0 Å². The van der Waals surface area contributed by atoms with E-state index in [1.54, 1.807) is 31.6 Å². The summed E-state index contributed by atoms with van der Waals surface area (Å²) in [5.41, 5.74) is -0.634. The molecule has 3 aliphatic heterocycles. The zero-order valence-electron chi connectivity index (χ0n) is 68.2. The number of ketones is 2. The summed E-state index contributed by atoms with van der Waals surface area (Å²) in [5, 5.41) is 98.2. The van der Waals surface area contributed by atoms with Crippen LogP contribution >= 0.6 is 21.6 Å². The number of nitrogens with one attached hydrogen (secondary N) is 3. The lowest BCUT2D eigenvalue weighted by Crippen LogP contribution is -2.55. The molecule has 0 radical (unpaired) electrons. The second-order valence-corrected chi connectivity index (χ2v) is 34.1. The Bertz CT molecular complexity index is 2290. The molecule has 3 heterocycles. The van der Waals surface area contributed by atoms with Gasteiger partial charge in [0.1, 0.15) is 48.2 Å². The fourth-order valence-corrected chi connectivity index (χ4v) is 15.9. The topological polar surface area (TPSA) is 439 Å². The highest BCUT2D eigenvalue weighted by Gasteiger charge is 2.45. The van der Waals surface area contributed by atoms with Crippen LogP contribution in [0.3, 0.4) is 0 Å². The largest absolute Gasteiger partial charge is 0.466 e. The number of carbonyl (C=O) groups excluding carboxylic acids is 7. The van der Waals surface area contributed by atoms with Gasteiger partial charge in [-0.15, -0.1) is 0 Å². The Kier molecular flexibility index (Phi) is 56.6. The lowest BCUT2D eigenvalue weighted by molar-refractivity contribution is -0.282. The molecule has 3 fully saturated rings. The Labute approximate surface area is 673 Å². The fourth-order valence-electron chi connectivity index (χ4n) is 13.4. The first-order valence-electron chi connectivity index (χ1n) is 41.8. The van der Waals surface area contributed by atoms with Crippen LogP contribution in [0.1, 0.15) is 253 Å². The molecule has 0 aromatic carbocycles. The van der Waals surface area contributed by atoms with Crippen LogP contribution in [0.25, 0.3) is 0 Å². The minimum absolute atomic E-state index is 0.0149. The highest BCUT2D eigenvalue weighted by Crippen LogP contribution is 2.41. The van der Waals surface area contributed by atoms with E-state index in [1.165, 1.54) is 0 Å². The van der Waals surface area contributed by atoms with Crippen LogP contribution < -0.4 is 16.0 Å². The summed E-state index contributed by atoms with van der Waals surface area (Å²) in [6.45, 7) is 14.2. The maximum Gasteiger partial charge on any atom is 0.407 e. The van der Waals surface area contributed by atoms with Gasteiger partial charge in [0.15, 0.2) is 18.9 Å². The van der Waals surface area contributed by atoms with Crippen LogP contribution in [-0.4, -0.2) is 277 Å². The van der Waals surface area contributed by atoms with Gasteiger partial charge in [-0.2, -0.15) is 0 Å². The third kappa shape index (κ3) is 44.9. The Balaban J connectivity index is 1.49. The molecular weight excluding hydrogens is 1500 g/mol. The number of alkyl carbamates (subject to hydrolysis) is 1. The molecule has 0 spiro atoms. The number of hydrogen-bond acceptors (Lipinski definition) is 29. The maximum atomic E-state index is 14.1. The lowest BCUT2D eigenvalue weighted by atomic mass is 9.71. The molecule has 654 valence electrons. The number of aliphatic hydroxyl groups excluding tert-OH is 9. The second kappa shape index (κ2) is 61.8. The number of aliphatic hydroxyl groups is 9. The van der Waals surface area contributed by atoms with Crippen molar-refractivity contribution in [3.63, 3.8) is 0 Å². The molecule has 0 aliphatic carbocycles.